The Hall–Kier alpha value is -1.24. The highest BCUT2D eigenvalue weighted by atomic mass is 16.3. The molecule has 0 saturated carbocycles. The lowest BCUT2D eigenvalue weighted by Crippen LogP contribution is -2.31. The standard InChI is InChI=1S/C14H24N2O4/c17-11-9-15(10-12-18)7-3-1-2-4-8-16-13(19)5-6-14(16)20/h5-6,17-18H,1-4,7-12H2. The molecule has 6 nitrogen and oxygen atoms in total. The minimum Gasteiger partial charge on any atom is -0.395 e. The van der Waals surface area contributed by atoms with Gasteiger partial charge in [-0.3, -0.25) is 19.4 Å². The van der Waals surface area contributed by atoms with Gasteiger partial charge in [-0.2, -0.15) is 0 Å². The van der Waals surface area contributed by atoms with Crippen LogP contribution in [0, 0.1) is 0 Å². The van der Waals surface area contributed by atoms with Gasteiger partial charge in [-0.25, -0.2) is 0 Å². The highest BCUT2D eigenvalue weighted by Gasteiger charge is 2.22. The van der Waals surface area contributed by atoms with Crippen LogP contribution in [0.4, 0.5) is 0 Å². The molecule has 0 unspecified atom stereocenters. The summed E-state index contributed by atoms with van der Waals surface area (Å²) in [5.74, 6) is -0.431. The number of unbranched alkanes of at least 4 members (excludes halogenated alkanes) is 3. The van der Waals surface area contributed by atoms with Crippen molar-refractivity contribution in [2.75, 3.05) is 39.4 Å². The van der Waals surface area contributed by atoms with Crippen LogP contribution in [0.5, 0.6) is 0 Å². The van der Waals surface area contributed by atoms with E-state index in [9.17, 15) is 9.59 Å². The average Bonchev–Trinajstić information content (AvgIpc) is 2.74. The van der Waals surface area contributed by atoms with Gasteiger partial charge in [-0.15, -0.1) is 0 Å². The maximum Gasteiger partial charge on any atom is 0.253 e. The molecular formula is C14H24N2O4. The summed E-state index contributed by atoms with van der Waals surface area (Å²) in [5.41, 5.74) is 0. The van der Waals surface area contributed by atoms with Crippen LogP contribution in [-0.2, 0) is 9.59 Å². The first kappa shape index (κ1) is 16.8. The van der Waals surface area contributed by atoms with Gasteiger partial charge in [-0.1, -0.05) is 12.8 Å². The molecule has 0 radical (unpaired) electrons. The van der Waals surface area contributed by atoms with Gasteiger partial charge in [0.1, 0.15) is 0 Å². The van der Waals surface area contributed by atoms with Crippen LogP contribution in [0.15, 0.2) is 12.2 Å². The third-order valence-electron chi connectivity index (χ3n) is 3.34. The maximum atomic E-state index is 11.3. The molecule has 0 aromatic heterocycles. The molecule has 1 rings (SSSR count). The molecular weight excluding hydrogens is 260 g/mol. The van der Waals surface area contributed by atoms with Crippen molar-refractivity contribution in [3.05, 3.63) is 12.2 Å². The zero-order valence-electron chi connectivity index (χ0n) is 11.8. The number of carbonyl (C=O) groups excluding carboxylic acids is 2. The van der Waals surface area contributed by atoms with Crippen LogP contribution < -0.4 is 0 Å². The van der Waals surface area contributed by atoms with E-state index in [1.165, 1.54) is 17.1 Å². The Morgan fingerprint density at radius 2 is 1.40 bits per heavy atom. The number of imide groups is 1. The van der Waals surface area contributed by atoms with Gasteiger partial charge in [0.15, 0.2) is 0 Å². The van der Waals surface area contributed by atoms with E-state index in [-0.39, 0.29) is 25.0 Å². The molecule has 0 aromatic rings. The molecule has 114 valence electrons. The highest BCUT2D eigenvalue weighted by molar-refractivity contribution is 6.12. The van der Waals surface area contributed by atoms with E-state index in [4.69, 9.17) is 10.2 Å². The van der Waals surface area contributed by atoms with Crippen molar-refractivity contribution in [1.29, 1.82) is 0 Å². The van der Waals surface area contributed by atoms with Gasteiger partial charge < -0.3 is 10.2 Å². The largest absolute Gasteiger partial charge is 0.395 e. The quantitative estimate of drug-likeness (QED) is 0.404. The van der Waals surface area contributed by atoms with Gasteiger partial charge in [0.25, 0.3) is 11.8 Å². The number of rotatable bonds is 11. The third kappa shape index (κ3) is 5.81. The molecule has 1 heterocycles. The predicted molar refractivity (Wildman–Crippen MR) is 74.9 cm³/mol. The molecule has 0 aliphatic carbocycles. The topological polar surface area (TPSA) is 81.1 Å². The maximum absolute atomic E-state index is 11.3. The monoisotopic (exact) mass is 284 g/mol. The molecule has 2 N–H and O–H groups in total. The lowest BCUT2D eigenvalue weighted by atomic mass is 10.2. The molecule has 1 aliphatic heterocycles. The van der Waals surface area contributed by atoms with E-state index in [0.717, 1.165) is 32.2 Å². The number of amides is 2. The smallest absolute Gasteiger partial charge is 0.253 e. The predicted octanol–water partition coefficient (Wildman–Crippen LogP) is -0.242. The van der Waals surface area contributed by atoms with Crippen LogP contribution in [0.3, 0.4) is 0 Å². The van der Waals surface area contributed by atoms with Gasteiger partial charge >= 0.3 is 0 Å². The summed E-state index contributed by atoms with van der Waals surface area (Å²) in [5, 5.41) is 17.8. The van der Waals surface area contributed by atoms with E-state index in [2.05, 4.69) is 0 Å². The SMILES string of the molecule is O=C1C=CC(=O)N1CCCCCCN(CCO)CCO. The Balaban J connectivity index is 2.04. The summed E-state index contributed by atoms with van der Waals surface area (Å²) >= 11 is 0. The number of aliphatic hydroxyl groups is 2. The number of carbonyl (C=O) groups is 2. The number of hydrogen-bond acceptors (Lipinski definition) is 5. The van der Waals surface area contributed by atoms with E-state index >= 15 is 0 Å². The number of hydrogen-bond donors (Lipinski definition) is 2. The van der Waals surface area contributed by atoms with Crippen molar-refractivity contribution in [3.8, 4) is 0 Å². The van der Waals surface area contributed by atoms with Gasteiger partial charge in [-0.05, 0) is 19.4 Å². The molecule has 0 bridgehead atoms. The summed E-state index contributed by atoms with van der Waals surface area (Å²) < 4.78 is 0. The zero-order chi connectivity index (χ0) is 14.8. The average molecular weight is 284 g/mol. The van der Waals surface area contributed by atoms with Gasteiger partial charge in [0.05, 0.1) is 13.2 Å². The van der Waals surface area contributed by atoms with Crippen LogP contribution in [0.2, 0.25) is 0 Å². The molecule has 2 amide bonds. The van der Waals surface area contributed by atoms with Crippen molar-refractivity contribution < 1.29 is 19.8 Å². The summed E-state index contributed by atoms with van der Waals surface area (Å²) in [4.78, 5) is 25.9. The summed E-state index contributed by atoms with van der Waals surface area (Å²) in [6.45, 7) is 2.72. The van der Waals surface area contributed by atoms with Crippen LogP contribution in [-0.4, -0.2) is 71.2 Å². The molecule has 6 heteroatoms. The summed E-state index contributed by atoms with van der Waals surface area (Å²) in [6, 6.07) is 0. The Kier molecular flexibility index (Phi) is 8.10. The minimum atomic E-state index is -0.216. The summed E-state index contributed by atoms with van der Waals surface area (Å²) in [7, 11) is 0. The first-order valence-electron chi connectivity index (χ1n) is 7.16. The van der Waals surface area contributed by atoms with E-state index in [1.807, 2.05) is 4.90 Å². The van der Waals surface area contributed by atoms with Crippen molar-refractivity contribution in [1.82, 2.24) is 9.80 Å². The second-order valence-electron chi connectivity index (χ2n) is 4.86. The fourth-order valence-corrected chi connectivity index (χ4v) is 2.23. The van der Waals surface area contributed by atoms with E-state index in [1.54, 1.807) is 0 Å². The molecule has 1 aliphatic rings. The molecule has 0 aromatic carbocycles. The third-order valence-corrected chi connectivity index (χ3v) is 3.34. The fourth-order valence-electron chi connectivity index (χ4n) is 2.23. The normalized spacial score (nSPS) is 14.8. The Bertz CT molecular complexity index is 320. The Morgan fingerprint density at radius 1 is 0.850 bits per heavy atom. The van der Waals surface area contributed by atoms with Crippen molar-refractivity contribution >= 4 is 11.8 Å². The Morgan fingerprint density at radius 3 is 1.95 bits per heavy atom. The second-order valence-corrected chi connectivity index (χ2v) is 4.86. The van der Waals surface area contributed by atoms with Crippen LogP contribution in [0.1, 0.15) is 25.7 Å². The lowest BCUT2D eigenvalue weighted by molar-refractivity contribution is -0.136. The molecule has 0 saturated heterocycles. The molecule has 20 heavy (non-hydrogen) atoms. The van der Waals surface area contributed by atoms with Crippen LogP contribution >= 0.6 is 0 Å². The van der Waals surface area contributed by atoms with Gasteiger partial charge in [0.2, 0.25) is 0 Å². The fraction of sp³-hybridized carbons (Fsp3) is 0.714. The number of aliphatic hydroxyl groups excluding tert-OH is 2. The van der Waals surface area contributed by atoms with Crippen molar-refractivity contribution in [2.45, 2.75) is 25.7 Å². The zero-order valence-corrected chi connectivity index (χ0v) is 11.8. The molecule has 0 atom stereocenters. The number of nitrogens with zero attached hydrogens (tertiary/aromatic N) is 2. The first-order valence-corrected chi connectivity index (χ1v) is 7.16. The Labute approximate surface area is 119 Å². The van der Waals surface area contributed by atoms with Crippen molar-refractivity contribution in [2.24, 2.45) is 0 Å². The highest BCUT2D eigenvalue weighted by Crippen LogP contribution is 2.08. The van der Waals surface area contributed by atoms with Crippen molar-refractivity contribution in [3.63, 3.8) is 0 Å². The first-order chi connectivity index (χ1) is 9.69. The lowest BCUT2D eigenvalue weighted by Gasteiger charge is -2.19. The van der Waals surface area contributed by atoms with Crippen LogP contribution in [0.25, 0.3) is 0 Å². The molecule has 0 spiro atoms. The second kappa shape index (κ2) is 9.63. The van der Waals surface area contributed by atoms with Gasteiger partial charge in [0, 0.05) is 31.8 Å². The molecule has 0 fully saturated rings. The summed E-state index contributed by atoms with van der Waals surface area (Å²) in [6.07, 6.45) is 6.40. The van der Waals surface area contributed by atoms with E-state index < -0.39 is 0 Å². The van der Waals surface area contributed by atoms with E-state index in [0.29, 0.717) is 19.6 Å². The minimum absolute atomic E-state index is 0.103.